The molecule has 5 rings (SSSR count). The molecule has 3 aromatic rings. The molecule has 0 saturated carbocycles. The smallest absolute Gasteiger partial charge is 0.227 e. The lowest BCUT2D eigenvalue weighted by molar-refractivity contribution is 0.0398. The maximum Gasteiger partial charge on any atom is 0.227 e. The summed E-state index contributed by atoms with van der Waals surface area (Å²) >= 11 is 0. The summed E-state index contributed by atoms with van der Waals surface area (Å²) in [5.74, 6) is 1.72. The van der Waals surface area contributed by atoms with Crippen LogP contribution in [0, 0.1) is 11.3 Å². The summed E-state index contributed by atoms with van der Waals surface area (Å²) < 4.78 is 19.0. The standard InChI is InChI=1S/C25H28FN9O/c26-20-4-7-35(17-20)24-18(14-27)13-19(15-31-24)22-3-5-29-25(33-22)32-21-1-2-23(30-16-21)28-6-8-34-9-11-36-12-10-34/h1-3,5,13,15-16,20H,4,6-12,17H2,(H,28,30)(H,29,32,33)/t20-/m0/s1. The zero-order valence-electron chi connectivity index (χ0n) is 19.9. The predicted molar refractivity (Wildman–Crippen MR) is 135 cm³/mol. The van der Waals surface area contributed by atoms with E-state index in [4.69, 9.17) is 4.74 Å². The molecular formula is C25H28FN9O. The van der Waals surface area contributed by atoms with Crippen molar-refractivity contribution in [2.45, 2.75) is 12.6 Å². The molecule has 2 aliphatic rings. The molecule has 0 spiro atoms. The zero-order valence-corrected chi connectivity index (χ0v) is 19.9. The minimum atomic E-state index is -0.886. The molecule has 3 aromatic heterocycles. The molecule has 2 saturated heterocycles. The Hall–Kier alpha value is -3.88. The monoisotopic (exact) mass is 489 g/mol. The Morgan fingerprint density at radius 3 is 2.75 bits per heavy atom. The van der Waals surface area contributed by atoms with Gasteiger partial charge in [-0.15, -0.1) is 0 Å². The van der Waals surface area contributed by atoms with Crippen molar-refractivity contribution in [3.8, 4) is 17.3 Å². The summed E-state index contributed by atoms with van der Waals surface area (Å²) in [6.45, 7) is 6.10. The SMILES string of the molecule is N#Cc1cc(-c2ccnc(Nc3ccc(NCCN4CCOCC4)nc3)n2)cnc1N1CC[C@H](F)C1. The summed E-state index contributed by atoms with van der Waals surface area (Å²) in [6, 6.07) is 9.50. The van der Waals surface area contributed by atoms with Crippen LogP contribution in [0.4, 0.5) is 27.7 Å². The number of morpholine rings is 1. The van der Waals surface area contributed by atoms with Crippen molar-refractivity contribution in [2.24, 2.45) is 0 Å². The number of pyridine rings is 2. The van der Waals surface area contributed by atoms with E-state index in [0.717, 1.165) is 50.9 Å². The molecule has 0 aromatic carbocycles. The van der Waals surface area contributed by atoms with Gasteiger partial charge in [0, 0.05) is 50.7 Å². The van der Waals surface area contributed by atoms with Crippen LogP contribution in [0.2, 0.25) is 0 Å². The van der Waals surface area contributed by atoms with Gasteiger partial charge >= 0.3 is 0 Å². The van der Waals surface area contributed by atoms with Gasteiger partial charge in [-0.3, -0.25) is 4.90 Å². The van der Waals surface area contributed by atoms with Gasteiger partial charge < -0.3 is 20.3 Å². The van der Waals surface area contributed by atoms with Gasteiger partial charge in [0.15, 0.2) is 0 Å². The number of alkyl halides is 1. The van der Waals surface area contributed by atoms with Crippen LogP contribution in [0.3, 0.4) is 0 Å². The Morgan fingerprint density at radius 1 is 1.11 bits per heavy atom. The van der Waals surface area contributed by atoms with E-state index in [9.17, 15) is 9.65 Å². The molecule has 1 atom stereocenters. The third kappa shape index (κ3) is 5.84. The van der Waals surface area contributed by atoms with Crippen molar-refractivity contribution in [3.63, 3.8) is 0 Å². The number of nitriles is 1. The second-order valence-electron chi connectivity index (χ2n) is 8.74. The number of aromatic nitrogens is 4. The molecule has 0 unspecified atom stereocenters. The number of hydrogen-bond acceptors (Lipinski definition) is 10. The number of nitrogens with one attached hydrogen (secondary N) is 2. The van der Waals surface area contributed by atoms with Gasteiger partial charge in [0.05, 0.1) is 42.9 Å². The van der Waals surface area contributed by atoms with Crippen molar-refractivity contribution in [3.05, 3.63) is 48.4 Å². The molecule has 11 heteroatoms. The van der Waals surface area contributed by atoms with E-state index in [1.165, 1.54) is 0 Å². The predicted octanol–water partition coefficient (Wildman–Crippen LogP) is 2.84. The fraction of sp³-hybridized carbons (Fsp3) is 0.400. The Bertz CT molecular complexity index is 1210. The Morgan fingerprint density at radius 2 is 2.00 bits per heavy atom. The molecule has 0 bridgehead atoms. The third-order valence-corrected chi connectivity index (χ3v) is 6.23. The fourth-order valence-corrected chi connectivity index (χ4v) is 4.29. The summed E-state index contributed by atoms with van der Waals surface area (Å²) in [6.07, 6.45) is 4.60. The molecular weight excluding hydrogens is 461 g/mol. The molecule has 2 aliphatic heterocycles. The minimum Gasteiger partial charge on any atom is -0.379 e. The maximum absolute atomic E-state index is 13.6. The Labute approximate surface area is 209 Å². The van der Waals surface area contributed by atoms with Gasteiger partial charge in [0.1, 0.15) is 23.9 Å². The lowest BCUT2D eigenvalue weighted by Crippen LogP contribution is -2.39. The average Bonchev–Trinajstić information content (AvgIpc) is 3.36. The second-order valence-corrected chi connectivity index (χ2v) is 8.74. The van der Waals surface area contributed by atoms with Crippen molar-refractivity contribution in [1.82, 2.24) is 24.8 Å². The van der Waals surface area contributed by atoms with E-state index in [1.807, 2.05) is 17.0 Å². The third-order valence-electron chi connectivity index (χ3n) is 6.23. The van der Waals surface area contributed by atoms with Crippen molar-refractivity contribution < 1.29 is 9.13 Å². The van der Waals surface area contributed by atoms with Gasteiger partial charge in [0.25, 0.3) is 0 Å². The van der Waals surface area contributed by atoms with Gasteiger partial charge in [-0.2, -0.15) is 5.26 Å². The van der Waals surface area contributed by atoms with Crippen molar-refractivity contribution in [2.75, 3.05) is 68.0 Å². The van der Waals surface area contributed by atoms with Crippen LogP contribution in [0.5, 0.6) is 0 Å². The highest BCUT2D eigenvalue weighted by Gasteiger charge is 2.25. The van der Waals surface area contributed by atoms with Crippen molar-refractivity contribution in [1.29, 1.82) is 5.26 Å². The molecule has 0 radical (unpaired) electrons. The van der Waals surface area contributed by atoms with Crippen LogP contribution < -0.4 is 15.5 Å². The van der Waals surface area contributed by atoms with Crippen LogP contribution in [0.25, 0.3) is 11.3 Å². The quantitative estimate of drug-likeness (QED) is 0.489. The summed E-state index contributed by atoms with van der Waals surface area (Å²) in [7, 11) is 0. The zero-order chi connectivity index (χ0) is 24.7. The molecule has 36 heavy (non-hydrogen) atoms. The van der Waals surface area contributed by atoms with Crippen LogP contribution in [0.1, 0.15) is 12.0 Å². The highest BCUT2D eigenvalue weighted by atomic mass is 19.1. The minimum absolute atomic E-state index is 0.263. The first-order chi connectivity index (χ1) is 17.7. The van der Waals surface area contributed by atoms with E-state index in [2.05, 4.69) is 41.5 Å². The number of halogens is 1. The van der Waals surface area contributed by atoms with Gasteiger partial charge in [-0.25, -0.2) is 24.3 Å². The lowest BCUT2D eigenvalue weighted by Gasteiger charge is -2.26. The normalized spacial score (nSPS) is 18.1. The van der Waals surface area contributed by atoms with Crippen LogP contribution in [-0.2, 0) is 4.74 Å². The number of rotatable bonds is 8. The highest BCUT2D eigenvalue weighted by Crippen LogP contribution is 2.27. The topological polar surface area (TPSA) is 115 Å². The fourth-order valence-electron chi connectivity index (χ4n) is 4.29. The number of anilines is 4. The number of nitrogens with zero attached hydrogens (tertiary/aromatic N) is 7. The van der Waals surface area contributed by atoms with E-state index >= 15 is 0 Å². The van der Waals surface area contributed by atoms with E-state index < -0.39 is 6.17 Å². The Kier molecular flexibility index (Phi) is 7.44. The molecule has 186 valence electrons. The van der Waals surface area contributed by atoms with Gasteiger partial charge in [0.2, 0.25) is 5.95 Å². The number of ether oxygens (including phenoxy) is 1. The van der Waals surface area contributed by atoms with E-state index in [0.29, 0.717) is 41.6 Å². The van der Waals surface area contributed by atoms with Gasteiger partial charge in [-0.1, -0.05) is 0 Å². The molecule has 5 heterocycles. The lowest BCUT2D eigenvalue weighted by atomic mass is 10.1. The number of hydrogen-bond donors (Lipinski definition) is 2. The van der Waals surface area contributed by atoms with Crippen molar-refractivity contribution >= 4 is 23.3 Å². The van der Waals surface area contributed by atoms with Crippen LogP contribution in [-0.4, -0.2) is 83.5 Å². The first-order valence-corrected chi connectivity index (χ1v) is 12.1. The van der Waals surface area contributed by atoms with E-state index in [1.54, 1.807) is 30.7 Å². The highest BCUT2D eigenvalue weighted by molar-refractivity contribution is 5.67. The largest absolute Gasteiger partial charge is 0.379 e. The molecule has 10 nitrogen and oxygen atoms in total. The molecule has 2 N–H and O–H groups in total. The van der Waals surface area contributed by atoms with Crippen LogP contribution >= 0.6 is 0 Å². The van der Waals surface area contributed by atoms with Gasteiger partial charge in [-0.05, 0) is 30.7 Å². The first-order valence-electron chi connectivity index (χ1n) is 12.1. The van der Waals surface area contributed by atoms with E-state index in [-0.39, 0.29) is 6.54 Å². The molecule has 2 fully saturated rings. The maximum atomic E-state index is 13.6. The summed E-state index contributed by atoms with van der Waals surface area (Å²) in [5, 5.41) is 16.1. The summed E-state index contributed by atoms with van der Waals surface area (Å²) in [5.41, 5.74) is 2.47. The first kappa shape index (κ1) is 23.8. The molecule has 0 amide bonds. The van der Waals surface area contributed by atoms with Crippen LogP contribution in [0.15, 0.2) is 42.9 Å². The second kappa shape index (κ2) is 11.2. The molecule has 0 aliphatic carbocycles. The Balaban J connectivity index is 1.21. The summed E-state index contributed by atoms with van der Waals surface area (Å²) in [4.78, 5) is 22.0. The average molecular weight is 490 g/mol.